The number of aliphatic hydroxyl groups is 1. The van der Waals surface area contributed by atoms with Crippen LogP contribution in [0.5, 0.6) is 0 Å². The fourth-order valence-electron chi connectivity index (χ4n) is 3.72. The van der Waals surface area contributed by atoms with E-state index in [0.717, 1.165) is 27.3 Å². The summed E-state index contributed by atoms with van der Waals surface area (Å²) in [5.41, 5.74) is 1.93. The van der Waals surface area contributed by atoms with Crippen molar-refractivity contribution in [1.82, 2.24) is 14.3 Å². The first kappa shape index (κ1) is 24.9. The zero-order valence-corrected chi connectivity index (χ0v) is 20.9. The van der Waals surface area contributed by atoms with Gasteiger partial charge in [0.2, 0.25) is 0 Å². The van der Waals surface area contributed by atoms with Gasteiger partial charge in [-0.05, 0) is 49.8 Å². The minimum Gasteiger partial charge on any atom is -0.464 e. The third-order valence-corrected chi connectivity index (χ3v) is 8.28. The minimum atomic E-state index is -4.22. The first-order chi connectivity index (χ1) is 15.3. The number of aromatic nitrogens is 2. The van der Waals surface area contributed by atoms with Gasteiger partial charge in [-0.3, -0.25) is 0 Å². The SMILES string of the molecule is Cc1c(CC(C)C)sc(S(=O)(=O)NC(=O)O)c1-c1ccc(Cn2ccnc2C(C)(C)O)cc1. The first-order valence-electron chi connectivity index (χ1n) is 10.5. The van der Waals surface area contributed by atoms with Crippen molar-refractivity contribution in [2.45, 2.75) is 57.4 Å². The summed E-state index contributed by atoms with van der Waals surface area (Å²) >= 11 is 1.12. The Labute approximate surface area is 198 Å². The van der Waals surface area contributed by atoms with E-state index < -0.39 is 21.7 Å². The Hall–Kier alpha value is -2.69. The number of benzene rings is 1. The van der Waals surface area contributed by atoms with E-state index >= 15 is 0 Å². The maximum atomic E-state index is 12.8. The molecule has 3 rings (SSSR count). The molecule has 1 amide bonds. The zero-order valence-electron chi connectivity index (χ0n) is 19.3. The largest absolute Gasteiger partial charge is 0.464 e. The third kappa shape index (κ3) is 5.63. The highest BCUT2D eigenvalue weighted by Crippen LogP contribution is 2.40. The van der Waals surface area contributed by atoms with Crippen LogP contribution < -0.4 is 4.72 Å². The highest BCUT2D eigenvalue weighted by atomic mass is 32.2. The maximum Gasteiger partial charge on any atom is 0.418 e. The van der Waals surface area contributed by atoms with E-state index in [1.807, 2.05) is 35.8 Å². The third-order valence-electron chi connectivity index (χ3n) is 5.13. The summed E-state index contributed by atoms with van der Waals surface area (Å²) in [7, 11) is -4.22. The monoisotopic (exact) mass is 491 g/mol. The molecule has 8 nitrogen and oxygen atoms in total. The molecule has 0 aliphatic carbocycles. The topological polar surface area (TPSA) is 122 Å². The molecule has 3 aromatic rings. The molecule has 3 N–H and O–H groups in total. The molecule has 0 unspecified atom stereocenters. The Balaban J connectivity index is 2.01. The number of nitrogens with zero attached hydrogens (tertiary/aromatic N) is 2. The van der Waals surface area contributed by atoms with Gasteiger partial charge in [-0.15, -0.1) is 11.3 Å². The number of sulfonamides is 1. The summed E-state index contributed by atoms with van der Waals surface area (Å²) in [6, 6.07) is 7.46. The van der Waals surface area contributed by atoms with Crippen molar-refractivity contribution in [2.75, 3.05) is 0 Å². The summed E-state index contributed by atoms with van der Waals surface area (Å²) < 4.78 is 29.1. The van der Waals surface area contributed by atoms with Crippen molar-refractivity contribution in [3.63, 3.8) is 0 Å². The van der Waals surface area contributed by atoms with E-state index in [1.165, 1.54) is 0 Å². The van der Waals surface area contributed by atoms with Crippen LogP contribution in [0.4, 0.5) is 4.79 Å². The normalized spacial score (nSPS) is 12.3. The van der Waals surface area contributed by atoms with Crippen LogP contribution in [0.2, 0.25) is 0 Å². The Morgan fingerprint density at radius 1 is 1.24 bits per heavy atom. The Morgan fingerprint density at radius 3 is 2.42 bits per heavy atom. The second kappa shape index (κ2) is 9.28. The number of imidazole rings is 1. The van der Waals surface area contributed by atoms with Crippen molar-refractivity contribution in [3.05, 3.63) is 58.5 Å². The molecule has 0 spiro atoms. The molecule has 1 aromatic carbocycles. The molecule has 0 saturated heterocycles. The molecule has 178 valence electrons. The standard InChI is InChI=1S/C23H29N3O5S2/c1-14(2)12-18-15(3)19(20(32-18)33(30,31)25-22(27)28)17-8-6-16(7-9-17)13-26-11-10-24-21(26)23(4,5)29/h6-11,14,25,29H,12-13H2,1-5H3,(H,27,28). The number of hydrogen-bond donors (Lipinski definition) is 3. The highest BCUT2D eigenvalue weighted by molar-refractivity contribution is 7.92. The predicted molar refractivity (Wildman–Crippen MR) is 128 cm³/mol. The first-order valence-corrected chi connectivity index (χ1v) is 12.8. The van der Waals surface area contributed by atoms with Crippen LogP contribution >= 0.6 is 11.3 Å². The number of amides is 1. The Morgan fingerprint density at radius 2 is 1.88 bits per heavy atom. The van der Waals surface area contributed by atoms with Crippen molar-refractivity contribution >= 4 is 27.5 Å². The molecular weight excluding hydrogens is 462 g/mol. The summed E-state index contributed by atoms with van der Waals surface area (Å²) in [5.74, 6) is 0.868. The number of carbonyl (C=O) groups is 1. The molecule has 0 atom stereocenters. The average Bonchev–Trinajstić information content (AvgIpc) is 3.27. The van der Waals surface area contributed by atoms with E-state index in [9.17, 15) is 18.3 Å². The average molecular weight is 492 g/mol. The molecule has 0 aliphatic heterocycles. The number of hydrogen-bond acceptors (Lipinski definition) is 6. The molecule has 0 aliphatic rings. The van der Waals surface area contributed by atoms with E-state index in [0.29, 0.717) is 35.8 Å². The lowest BCUT2D eigenvalue weighted by Crippen LogP contribution is -2.28. The lowest BCUT2D eigenvalue weighted by atomic mass is 9.99. The summed E-state index contributed by atoms with van der Waals surface area (Å²) in [4.78, 5) is 16.2. The molecule has 0 saturated carbocycles. The van der Waals surface area contributed by atoms with Gasteiger partial charge in [0.25, 0.3) is 10.0 Å². The zero-order chi connectivity index (χ0) is 24.6. The van der Waals surface area contributed by atoms with Gasteiger partial charge in [0.1, 0.15) is 15.6 Å². The van der Waals surface area contributed by atoms with E-state index in [1.54, 1.807) is 31.0 Å². The smallest absolute Gasteiger partial charge is 0.418 e. The van der Waals surface area contributed by atoms with Gasteiger partial charge < -0.3 is 14.8 Å². The Kier molecular flexibility index (Phi) is 7.01. The van der Waals surface area contributed by atoms with Crippen molar-refractivity contribution in [1.29, 1.82) is 0 Å². The molecule has 0 radical (unpaired) electrons. The van der Waals surface area contributed by atoms with Gasteiger partial charge in [0, 0.05) is 29.4 Å². The second-order valence-electron chi connectivity index (χ2n) is 8.96. The van der Waals surface area contributed by atoms with Crippen LogP contribution in [0.25, 0.3) is 11.1 Å². The van der Waals surface area contributed by atoms with E-state index in [2.05, 4.69) is 18.8 Å². The minimum absolute atomic E-state index is 0.00438. The van der Waals surface area contributed by atoms with Crippen LogP contribution in [-0.2, 0) is 28.6 Å². The van der Waals surface area contributed by atoms with Crippen LogP contribution in [0, 0.1) is 12.8 Å². The number of thiophene rings is 1. The van der Waals surface area contributed by atoms with Crippen LogP contribution in [-0.4, -0.2) is 34.3 Å². The lowest BCUT2D eigenvalue weighted by Gasteiger charge is -2.18. The van der Waals surface area contributed by atoms with Gasteiger partial charge in [-0.2, -0.15) is 0 Å². The van der Waals surface area contributed by atoms with Gasteiger partial charge in [-0.1, -0.05) is 38.1 Å². The molecule has 0 bridgehead atoms. The molecule has 2 heterocycles. The maximum absolute atomic E-state index is 12.8. The van der Waals surface area contributed by atoms with Crippen LogP contribution in [0.3, 0.4) is 0 Å². The summed E-state index contributed by atoms with van der Waals surface area (Å²) in [6.45, 7) is 9.82. The fraction of sp³-hybridized carbons (Fsp3) is 0.391. The Bertz CT molecular complexity index is 1250. The number of carboxylic acid groups (broad SMARTS) is 1. The van der Waals surface area contributed by atoms with Crippen LogP contribution in [0.15, 0.2) is 40.9 Å². The number of rotatable bonds is 8. The van der Waals surface area contributed by atoms with Gasteiger partial charge >= 0.3 is 6.09 Å². The van der Waals surface area contributed by atoms with Gasteiger partial charge in [-0.25, -0.2) is 22.9 Å². The summed E-state index contributed by atoms with van der Waals surface area (Å²) in [5, 5.41) is 19.3. The lowest BCUT2D eigenvalue weighted by molar-refractivity contribution is 0.0652. The van der Waals surface area contributed by atoms with E-state index in [4.69, 9.17) is 5.11 Å². The molecule has 0 fully saturated rings. The summed E-state index contributed by atoms with van der Waals surface area (Å²) in [6.07, 6.45) is 2.52. The van der Waals surface area contributed by atoms with Crippen molar-refractivity contribution < 1.29 is 23.4 Å². The highest BCUT2D eigenvalue weighted by Gasteiger charge is 2.28. The fourth-order valence-corrected chi connectivity index (χ4v) is 6.72. The van der Waals surface area contributed by atoms with Gasteiger partial charge in [0.15, 0.2) is 0 Å². The molecule has 33 heavy (non-hydrogen) atoms. The second-order valence-corrected chi connectivity index (χ2v) is 11.9. The van der Waals surface area contributed by atoms with Gasteiger partial charge in [0.05, 0.1) is 0 Å². The number of nitrogens with one attached hydrogen (secondary N) is 1. The van der Waals surface area contributed by atoms with E-state index in [-0.39, 0.29) is 4.21 Å². The predicted octanol–water partition coefficient (Wildman–Crippen LogP) is 4.35. The molecular formula is C23H29N3O5S2. The quantitative estimate of drug-likeness (QED) is 0.431. The van der Waals surface area contributed by atoms with Crippen LogP contribution in [0.1, 0.15) is 49.5 Å². The van der Waals surface area contributed by atoms with Crippen molar-refractivity contribution in [3.8, 4) is 11.1 Å². The molecule has 2 aromatic heterocycles. The molecule has 10 heteroatoms. The van der Waals surface area contributed by atoms with Crippen molar-refractivity contribution in [2.24, 2.45) is 5.92 Å².